The highest BCUT2D eigenvalue weighted by Crippen LogP contribution is 2.24. The summed E-state index contributed by atoms with van der Waals surface area (Å²) in [5.41, 5.74) is 8.60. The van der Waals surface area contributed by atoms with Gasteiger partial charge in [-0.2, -0.15) is 0 Å². The van der Waals surface area contributed by atoms with Gasteiger partial charge in [-0.15, -0.1) is 11.3 Å². The third-order valence-corrected chi connectivity index (χ3v) is 4.08. The Hall–Kier alpha value is -0.830. The molecule has 0 aliphatic carbocycles. The summed E-state index contributed by atoms with van der Waals surface area (Å²) in [6.45, 7) is 2.06. The van der Waals surface area contributed by atoms with E-state index in [0.717, 1.165) is 17.9 Å². The zero-order chi connectivity index (χ0) is 12.3. The van der Waals surface area contributed by atoms with Crippen LogP contribution in [-0.4, -0.2) is 0 Å². The van der Waals surface area contributed by atoms with Crippen LogP contribution in [0.5, 0.6) is 0 Å². The molecule has 1 aromatic heterocycles. The first-order valence-corrected chi connectivity index (χ1v) is 6.96. The van der Waals surface area contributed by atoms with Crippen molar-refractivity contribution in [1.29, 1.82) is 0 Å². The fourth-order valence-corrected chi connectivity index (χ4v) is 2.91. The van der Waals surface area contributed by atoms with Crippen LogP contribution in [0.2, 0.25) is 5.02 Å². The minimum atomic E-state index is 0.0920. The second-order valence-corrected chi connectivity index (χ2v) is 5.69. The van der Waals surface area contributed by atoms with Crippen molar-refractivity contribution in [3.05, 3.63) is 56.7 Å². The topological polar surface area (TPSA) is 26.0 Å². The molecule has 1 unspecified atom stereocenters. The van der Waals surface area contributed by atoms with Crippen molar-refractivity contribution in [1.82, 2.24) is 0 Å². The van der Waals surface area contributed by atoms with Crippen molar-refractivity contribution >= 4 is 22.9 Å². The van der Waals surface area contributed by atoms with Crippen LogP contribution in [0, 0.1) is 6.92 Å². The lowest BCUT2D eigenvalue weighted by molar-refractivity contribution is 0.652. The monoisotopic (exact) mass is 265 g/mol. The Bertz CT molecular complexity index is 479. The molecular formula is C14H16ClNS. The highest BCUT2D eigenvalue weighted by atomic mass is 35.5. The van der Waals surface area contributed by atoms with E-state index in [9.17, 15) is 0 Å². The predicted octanol–water partition coefficient (Wildman–Crippen LogP) is 4.34. The minimum Gasteiger partial charge on any atom is -0.324 e. The fourth-order valence-electron chi connectivity index (χ4n) is 1.96. The van der Waals surface area contributed by atoms with Crippen LogP contribution in [0.1, 0.15) is 28.5 Å². The predicted molar refractivity (Wildman–Crippen MR) is 75.8 cm³/mol. The molecule has 1 nitrogen and oxygen atoms in total. The number of rotatable bonds is 4. The normalized spacial score (nSPS) is 12.6. The molecule has 0 radical (unpaired) electrons. The van der Waals surface area contributed by atoms with Gasteiger partial charge in [-0.3, -0.25) is 0 Å². The number of benzene rings is 1. The van der Waals surface area contributed by atoms with Crippen molar-refractivity contribution < 1.29 is 0 Å². The molecule has 0 fully saturated rings. The van der Waals surface area contributed by atoms with E-state index in [2.05, 4.69) is 24.4 Å². The van der Waals surface area contributed by atoms with Crippen LogP contribution < -0.4 is 5.73 Å². The van der Waals surface area contributed by atoms with Crippen LogP contribution >= 0.6 is 22.9 Å². The lowest BCUT2D eigenvalue weighted by atomic mass is 9.98. The summed E-state index contributed by atoms with van der Waals surface area (Å²) in [4.78, 5) is 1.40. The number of halogens is 1. The molecule has 2 N–H and O–H groups in total. The molecule has 0 aliphatic rings. The van der Waals surface area contributed by atoms with Gasteiger partial charge in [-0.05, 0) is 54.5 Å². The van der Waals surface area contributed by atoms with Crippen molar-refractivity contribution in [3.63, 3.8) is 0 Å². The number of hydrogen-bond donors (Lipinski definition) is 1. The van der Waals surface area contributed by atoms with Crippen LogP contribution in [0.15, 0.2) is 35.7 Å². The van der Waals surface area contributed by atoms with Gasteiger partial charge >= 0.3 is 0 Å². The third-order valence-electron chi connectivity index (χ3n) is 2.91. The molecule has 1 heterocycles. The maximum Gasteiger partial charge on any atom is 0.0408 e. The van der Waals surface area contributed by atoms with Crippen molar-refractivity contribution in [2.75, 3.05) is 0 Å². The molecule has 0 saturated heterocycles. The lowest BCUT2D eigenvalue weighted by Gasteiger charge is -2.14. The molecule has 2 rings (SSSR count). The Balaban J connectivity index is 2.01. The number of hydrogen-bond acceptors (Lipinski definition) is 2. The summed E-state index contributed by atoms with van der Waals surface area (Å²) >= 11 is 7.73. The summed E-state index contributed by atoms with van der Waals surface area (Å²) < 4.78 is 0. The minimum absolute atomic E-state index is 0.0920. The van der Waals surface area contributed by atoms with E-state index in [-0.39, 0.29) is 6.04 Å². The Labute approximate surface area is 111 Å². The van der Waals surface area contributed by atoms with Crippen molar-refractivity contribution in [3.8, 4) is 0 Å². The zero-order valence-electron chi connectivity index (χ0n) is 9.82. The van der Waals surface area contributed by atoms with Crippen LogP contribution in [0.4, 0.5) is 0 Å². The second-order valence-electron chi connectivity index (χ2n) is 4.23. The average molecular weight is 266 g/mol. The van der Waals surface area contributed by atoms with Crippen LogP contribution in [-0.2, 0) is 6.42 Å². The number of nitrogens with two attached hydrogens (primary N) is 1. The Morgan fingerprint density at radius 1 is 1.35 bits per heavy atom. The highest BCUT2D eigenvalue weighted by Gasteiger charge is 2.09. The zero-order valence-corrected chi connectivity index (χ0v) is 11.4. The molecule has 0 spiro atoms. The van der Waals surface area contributed by atoms with E-state index in [4.69, 9.17) is 17.3 Å². The third kappa shape index (κ3) is 3.32. The first kappa shape index (κ1) is 12.6. The lowest BCUT2D eigenvalue weighted by Crippen LogP contribution is -2.12. The smallest absolute Gasteiger partial charge is 0.0408 e. The summed E-state index contributed by atoms with van der Waals surface area (Å²) in [6, 6.07) is 10.3. The van der Waals surface area contributed by atoms with Gasteiger partial charge in [0.05, 0.1) is 0 Å². The molecule has 17 heavy (non-hydrogen) atoms. The van der Waals surface area contributed by atoms with Gasteiger partial charge in [-0.25, -0.2) is 0 Å². The van der Waals surface area contributed by atoms with E-state index in [1.54, 1.807) is 11.3 Å². The van der Waals surface area contributed by atoms with Crippen molar-refractivity contribution in [2.45, 2.75) is 25.8 Å². The molecular weight excluding hydrogens is 250 g/mol. The molecule has 90 valence electrons. The maximum atomic E-state index is 6.22. The molecule has 1 atom stereocenters. The Morgan fingerprint density at radius 2 is 2.18 bits per heavy atom. The van der Waals surface area contributed by atoms with Crippen LogP contribution in [0.25, 0.3) is 0 Å². The first-order valence-electron chi connectivity index (χ1n) is 5.71. The summed E-state index contributed by atoms with van der Waals surface area (Å²) in [5.74, 6) is 0. The quantitative estimate of drug-likeness (QED) is 0.874. The summed E-state index contributed by atoms with van der Waals surface area (Å²) in [5, 5.41) is 2.88. The number of thiophene rings is 1. The fraction of sp³-hybridized carbons (Fsp3) is 0.286. The molecule has 0 amide bonds. The maximum absolute atomic E-state index is 6.22. The largest absolute Gasteiger partial charge is 0.324 e. The highest BCUT2D eigenvalue weighted by molar-refractivity contribution is 7.09. The summed E-state index contributed by atoms with van der Waals surface area (Å²) in [6.07, 6.45) is 2.02. The first-order chi connectivity index (χ1) is 8.16. The van der Waals surface area contributed by atoms with Gasteiger partial charge in [0.25, 0.3) is 0 Å². The van der Waals surface area contributed by atoms with Gasteiger partial charge < -0.3 is 5.73 Å². The van der Waals surface area contributed by atoms with E-state index < -0.39 is 0 Å². The SMILES string of the molecule is Cc1cc(Cl)ccc1C(N)CCc1cccs1. The second kappa shape index (κ2) is 5.67. The Kier molecular flexibility index (Phi) is 4.21. The van der Waals surface area contributed by atoms with E-state index in [0.29, 0.717) is 0 Å². The van der Waals surface area contributed by atoms with Gasteiger partial charge in [0.15, 0.2) is 0 Å². The van der Waals surface area contributed by atoms with E-state index in [1.165, 1.54) is 16.0 Å². The van der Waals surface area contributed by atoms with Gasteiger partial charge in [0.1, 0.15) is 0 Å². The average Bonchev–Trinajstić information content (AvgIpc) is 2.78. The van der Waals surface area contributed by atoms with E-state index >= 15 is 0 Å². The van der Waals surface area contributed by atoms with Crippen LogP contribution in [0.3, 0.4) is 0 Å². The molecule has 0 saturated carbocycles. The van der Waals surface area contributed by atoms with E-state index in [1.807, 2.05) is 18.2 Å². The molecule has 2 aromatic rings. The molecule has 3 heteroatoms. The molecule has 0 bridgehead atoms. The van der Waals surface area contributed by atoms with Crippen molar-refractivity contribution in [2.24, 2.45) is 5.73 Å². The molecule has 0 aliphatic heterocycles. The van der Waals surface area contributed by atoms with Gasteiger partial charge in [0.2, 0.25) is 0 Å². The van der Waals surface area contributed by atoms with Gasteiger partial charge in [0, 0.05) is 15.9 Å². The molecule has 1 aromatic carbocycles. The number of aryl methyl sites for hydroxylation is 2. The van der Waals surface area contributed by atoms with Gasteiger partial charge in [-0.1, -0.05) is 23.7 Å². The Morgan fingerprint density at radius 3 is 2.82 bits per heavy atom. The standard InChI is InChI=1S/C14H16ClNS/c1-10-9-11(15)4-6-13(10)14(16)7-5-12-3-2-8-17-12/h2-4,6,8-9,14H,5,7,16H2,1H3. The summed E-state index contributed by atoms with van der Waals surface area (Å²) in [7, 11) is 0.